The monoisotopic (exact) mass is 594 g/mol. The van der Waals surface area contributed by atoms with E-state index in [1.165, 1.54) is 25.1 Å². The van der Waals surface area contributed by atoms with Crippen LogP contribution in [0.4, 0.5) is 0 Å². The van der Waals surface area contributed by atoms with Crippen LogP contribution in [0.5, 0.6) is 17.2 Å². The summed E-state index contributed by atoms with van der Waals surface area (Å²) in [6, 6.07) is 10.4. The zero-order valence-electron chi connectivity index (χ0n) is 23.2. The number of carbonyl (C=O) groups is 3. The summed E-state index contributed by atoms with van der Waals surface area (Å²) in [4.78, 5) is 39.2. The summed E-state index contributed by atoms with van der Waals surface area (Å²) in [6.07, 6.45) is -7.30. The van der Waals surface area contributed by atoms with Gasteiger partial charge in [-0.1, -0.05) is 24.3 Å². The molecule has 5 rings (SSSR count). The van der Waals surface area contributed by atoms with Crippen LogP contribution in [0.25, 0.3) is 0 Å². The Labute approximate surface area is 245 Å². The third-order valence-corrected chi connectivity index (χ3v) is 7.54. The first kappa shape index (κ1) is 30.3. The molecule has 6 N–H and O–H groups in total. The second-order valence-corrected chi connectivity index (χ2v) is 10.5. The summed E-state index contributed by atoms with van der Waals surface area (Å²) in [6.45, 7) is 1.69. The molecular weight excluding hydrogens is 564 g/mol. The maximum Gasteiger partial charge on any atom is 0.308 e. The number of benzene rings is 3. The fourth-order valence-corrected chi connectivity index (χ4v) is 5.39. The first-order chi connectivity index (χ1) is 20.4. The van der Waals surface area contributed by atoms with Crippen LogP contribution in [0, 0.1) is 0 Å². The summed E-state index contributed by atoms with van der Waals surface area (Å²) >= 11 is 0. The number of fused-ring (bicyclic) bond motifs is 2. The van der Waals surface area contributed by atoms with Crippen molar-refractivity contribution < 1.29 is 59.2 Å². The van der Waals surface area contributed by atoms with E-state index in [0.29, 0.717) is 11.1 Å². The number of aliphatic hydroxyl groups excluding tert-OH is 5. The van der Waals surface area contributed by atoms with Gasteiger partial charge in [-0.3, -0.25) is 14.4 Å². The van der Waals surface area contributed by atoms with Crippen molar-refractivity contribution in [2.24, 2.45) is 0 Å². The Morgan fingerprint density at radius 1 is 0.884 bits per heavy atom. The van der Waals surface area contributed by atoms with Crippen LogP contribution in [0.2, 0.25) is 0 Å². The lowest BCUT2D eigenvalue weighted by Gasteiger charge is -2.39. The highest BCUT2D eigenvalue weighted by Crippen LogP contribution is 2.43. The summed E-state index contributed by atoms with van der Waals surface area (Å²) in [5.41, 5.74) is 0.269. The van der Waals surface area contributed by atoms with Gasteiger partial charge in [-0.2, -0.15) is 0 Å². The predicted molar refractivity (Wildman–Crippen MR) is 147 cm³/mol. The van der Waals surface area contributed by atoms with Gasteiger partial charge in [0, 0.05) is 35.6 Å². The molecule has 2 aliphatic rings. The number of aromatic hydroxyl groups is 1. The molecule has 1 fully saturated rings. The molecule has 12 nitrogen and oxygen atoms in total. The van der Waals surface area contributed by atoms with Crippen molar-refractivity contribution >= 4 is 17.5 Å². The Morgan fingerprint density at radius 2 is 1.58 bits per heavy atom. The molecule has 5 atom stereocenters. The van der Waals surface area contributed by atoms with Crippen molar-refractivity contribution in [3.63, 3.8) is 0 Å². The Kier molecular flexibility index (Phi) is 8.34. The number of phenolic OH excluding ortho intramolecular Hbond substituents is 1. The Morgan fingerprint density at radius 3 is 2.26 bits per heavy atom. The van der Waals surface area contributed by atoms with Gasteiger partial charge in [-0.05, 0) is 41.8 Å². The average Bonchev–Trinajstić information content (AvgIpc) is 2.98. The molecule has 1 saturated heterocycles. The molecule has 43 heavy (non-hydrogen) atoms. The average molecular weight is 595 g/mol. The van der Waals surface area contributed by atoms with E-state index in [0.717, 1.165) is 6.92 Å². The largest absolute Gasteiger partial charge is 0.507 e. The smallest absolute Gasteiger partial charge is 0.308 e. The van der Waals surface area contributed by atoms with E-state index < -0.39 is 60.6 Å². The summed E-state index contributed by atoms with van der Waals surface area (Å²) in [7, 11) is 0. The number of hydrogen-bond donors (Lipinski definition) is 6. The van der Waals surface area contributed by atoms with Crippen molar-refractivity contribution in [2.45, 2.75) is 64.2 Å². The first-order valence-corrected chi connectivity index (χ1v) is 13.4. The van der Waals surface area contributed by atoms with Crippen LogP contribution in [-0.2, 0) is 29.2 Å². The second kappa shape index (κ2) is 11.8. The van der Waals surface area contributed by atoms with Crippen LogP contribution < -0.4 is 9.47 Å². The summed E-state index contributed by atoms with van der Waals surface area (Å²) < 4.78 is 16.6. The highest BCUT2D eigenvalue weighted by Gasteiger charge is 2.44. The number of rotatable bonds is 7. The number of hydrogen-bond acceptors (Lipinski definition) is 12. The Hall–Kier alpha value is -4.17. The van der Waals surface area contributed by atoms with E-state index in [9.17, 15) is 45.0 Å². The topological polar surface area (TPSA) is 200 Å². The SMILES string of the molecule is CC(=O)Oc1cc(CO)c2c(c1)C(=O)c1cc(OC3OC(C)C(O)C(O)C3O)c(Cc3cccc(CO)c3)c(O)c1C2=O. The summed E-state index contributed by atoms with van der Waals surface area (Å²) in [5.74, 6) is -3.02. The lowest BCUT2D eigenvalue weighted by atomic mass is 9.79. The third-order valence-electron chi connectivity index (χ3n) is 7.54. The quantitative estimate of drug-likeness (QED) is 0.131. The molecule has 0 amide bonds. The van der Waals surface area contributed by atoms with Crippen molar-refractivity contribution in [1.29, 1.82) is 0 Å². The van der Waals surface area contributed by atoms with Gasteiger partial charge in [0.1, 0.15) is 35.6 Å². The molecule has 1 heterocycles. The van der Waals surface area contributed by atoms with Crippen molar-refractivity contribution in [3.8, 4) is 17.2 Å². The van der Waals surface area contributed by atoms with E-state index in [2.05, 4.69) is 0 Å². The highest BCUT2D eigenvalue weighted by molar-refractivity contribution is 6.30. The van der Waals surface area contributed by atoms with E-state index >= 15 is 0 Å². The van der Waals surface area contributed by atoms with Crippen molar-refractivity contribution in [1.82, 2.24) is 0 Å². The second-order valence-electron chi connectivity index (χ2n) is 10.5. The van der Waals surface area contributed by atoms with E-state index in [-0.39, 0.29) is 57.9 Å². The van der Waals surface area contributed by atoms with Crippen LogP contribution in [0.1, 0.15) is 67.9 Å². The zero-order chi connectivity index (χ0) is 31.2. The number of ether oxygens (including phenoxy) is 3. The highest BCUT2D eigenvalue weighted by atomic mass is 16.7. The Bertz CT molecular complexity index is 1610. The van der Waals surface area contributed by atoms with Gasteiger partial charge < -0.3 is 44.8 Å². The van der Waals surface area contributed by atoms with Gasteiger partial charge in [0.2, 0.25) is 6.29 Å². The van der Waals surface area contributed by atoms with Gasteiger partial charge in [0.05, 0.1) is 24.9 Å². The Balaban J connectivity index is 1.67. The normalized spacial score (nSPS) is 23.0. The van der Waals surface area contributed by atoms with Gasteiger partial charge >= 0.3 is 5.97 Å². The standard InChI is InChI=1S/C31H30O12/c1-13-25(35)29(39)30(40)31(41-13)43-22-10-21-24(27(37)19(22)7-15-4-3-5-16(6-15)11-32)28(38)23-17(12-33)8-18(42-14(2)34)9-20(23)26(21)36/h3-6,8-10,13,25,29-33,35,37,39-40H,7,11-12H2,1-2H3. The number of phenols is 1. The molecule has 1 aliphatic heterocycles. The van der Waals surface area contributed by atoms with Crippen LogP contribution in [-0.4, -0.2) is 78.9 Å². The molecule has 3 aromatic carbocycles. The minimum absolute atomic E-state index is 0.00920. The molecule has 0 spiro atoms. The number of aliphatic hydroxyl groups is 5. The lowest BCUT2D eigenvalue weighted by Crippen LogP contribution is -2.58. The molecular formula is C31H30O12. The van der Waals surface area contributed by atoms with Gasteiger partial charge in [0.15, 0.2) is 11.6 Å². The van der Waals surface area contributed by atoms with Gasteiger partial charge in [-0.25, -0.2) is 0 Å². The zero-order valence-corrected chi connectivity index (χ0v) is 23.2. The number of esters is 1. The molecule has 0 aromatic heterocycles. The number of ketones is 2. The molecule has 3 aromatic rings. The third kappa shape index (κ3) is 5.52. The molecule has 0 radical (unpaired) electrons. The fraction of sp³-hybridized carbons (Fsp3) is 0.323. The van der Waals surface area contributed by atoms with Gasteiger partial charge in [-0.15, -0.1) is 0 Å². The minimum atomic E-state index is -1.72. The van der Waals surface area contributed by atoms with E-state index in [4.69, 9.17) is 14.2 Å². The predicted octanol–water partition coefficient (Wildman–Crippen LogP) is 0.875. The molecule has 5 unspecified atom stereocenters. The van der Waals surface area contributed by atoms with Crippen LogP contribution in [0.3, 0.4) is 0 Å². The van der Waals surface area contributed by atoms with E-state index in [1.54, 1.807) is 24.3 Å². The molecule has 1 aliphatic carbocycles. The van der Waals surface area contributed by atoms with Crippen molar-refractivity contribution in [2.75, 3.05) is 0 Å². The maximum absolute atomic E-state index is 13.8. The molecule has 0 saturated carbocycles. The number of carbonyl (C=O) groups excluding carboxylic acids is 3. The van der Waals surface area contributed by atoms with E-state index in [1.807, 2.05) is 0 Å². The lowest BCUT2D eigenvalue weighted by molar-refractivity contribution is -0.268. The first-order valence-electron chi connectivity index (χ1n) is 13.4. The maximum atomic E-state index is 13.8. The fourth-order valence-electron chi connectivity index (χ4n) is 5.39. The van der Waals surface area contributed by atoms with Crippen LogP contribution in [0.15, 0.2) is 42.5 Å². The van der Waals surface area contributed by atoms with Gasteiger partial charge in [0.25, 0.3) is 0 Å². The molecule has 226 valence electrons. The summed E-state index contributed by atoms with van der Waals surface area (Å²) in [5, 5.41) is 62.2. The minimum Gasteiger partial charge on any atom is -0.507 e. The molecule has 12 heteroatoms. The van der Waals surface area contributed by atoms with Crippen molar-refractivity contribution in [3.05, 3.63) is 87.0 Å². The van der Waals surface area contributed by atoms with Crippen LogP contribution >= 0.6 is 0 Å². The molecule has 0 bridgehead atoms.